The topological polar surface area (TPSA) is 98.5 Å². The van der Waals surface area contributed by atoms with E-state index in [-0.39, 0.29) is 22.7 Å². The molecule has 0 atom stereocenters. The van der Waals surface area contributed by atoms with Crippen LogP contribution in [0.4, 0.5) is 13.8 Å². The number of nitrogens with one attached hydrogen (secondary N) is 1. The Bertz CT molecular complexity index is 826. The first kappa shape index (κ1) is 19.9. The molecular weight excluding hydrogens is 386 g/mol. The van der Waals surface area contributed by atoms with Crippen molar-refractivity contribution < 1.29 is 27.9 Å². The van der Waals surface area contributed by atoms with E-state index in [1.54, 1.807) is 5.38 Å². The van der Waals surface area contributed by atoms with Crippen LogP contribution in [0.5, 0.6) is 0 Å². The van der Waals surface area contributed by atoms with Gasteiger partial charge in [-0.05, 0) is 29.6 Å². The number of halogens is 2. The van der Waals surface area contributed by atoms with E-state index in [4.69, 9.17) is 10.5 Å². The summed E-state index contributed by atoms with van der Waals surface area (Å²) < 4.78 is 30.7. The molecule has 0 saturated carbocycles. The van der Waals surface area contributed by atoms with E-state index in [1.165, 1.54) is 12.1 Å². The predicted octanol–water partition coefficient (Wildman–Crippen LogP) is 2.79. The van der Waals surface area contributed by atoms with Gasteiger partial charge in [0.25, 0.3) is 11.8 Å². The van der Waals surface area contributed by atoms with Gasteiger partial charge in [-0.3, -0.25) is 14.4 Å². The van der Waals surface area contributed by atoms with Crippen LogP contribution in [0, 0.1) is 11.6 Å². The third-order valence-corrected chi connectivity index (χ3v) is 4.84. The summed E-state index contributed by atoms with van der Waals surface area (Å²) in [6, 6.07) is 4.92. The number of anilines is 1. The summed E-state index contributed by atoms with van der Waals surface area (Å²) in [4.78, 5) is 35.0. The van der Waals surface area contributed by atoms with E-state index >= 15 is 0 Å². The number of thioether (sulfide) groups is 1. The van der Waals surface area contributed by atoms with Gasteiger partial charge in [0, 0.05) is 10.6 Å². The van der Waals surface area contributed by atoms with E-state index in [0.717, 1.165) is 35.2 Å². The van der Waals surface area contributed by atoms with Crippen LogP contribution in [0.1, 0.15) is 16.8 Å². The maximum Gasteiger partial charge on any atom is 0.307 e. The highest BCUT2D eigenvalue weighted by Gasteiger charge is 2.14. The van der Waals surface area contributed by atoms with Crippen molar-refractivity contribution in [2.45, 2.75) is 11.3 Å². The van der Waals surface area contributed by atoms with Gasteiger partial charge in [-0.15, -0.1) is 23.1 Å². The molecule has 2 aromatic rings. The summed E-state index contributed by atoms with van der Waals surface area (Å²) in [6.45, 7) is -0.509. The minimum absolute atomic E-state index is 0.0114. The first-order chi connectivity index (χ1) is 12.4. The fraction of sp³-hybridized carbons (Fsp3) is 0.188. The van der Waals surface area contributed by atoms with Crippen molar-refractivity contribution in [2.24, 2.45) is 5.73 Å². The van der Waals surface area contributed by atoms with Crippen LogP contribution in [0.25, 0.3) is 0 Å². The molecule has 0 saturated heterocycles. The molecule has 3 N–H and O–H groups in total. The average Bonchev–Trinajstić information content (AvgIpc) is 3.04. The Kier molecular flexibility index (Phi) is 7.10. The number of hydrogen-bond acceptors (Lipinski definition) is 6. The minimum atomic E-state index is -0.960. The number of benzene rings is 1. The maximum absolute atomic E-state index is 13.1. The number of hydrogen-bond donors (Lipinski definition) is 2. The Morgan fingerprint density at radius 2 is 1.96 bits per heavy atom. The molecule has 0 fully saturated rings. The molecule has 138 valence electrons. The molecule has 6 nitrogen and oxygen atoms in total. The largest absolute Gasteiger partial charge is 0.456 e. The maximum atomic E-state index is 13.1. The number of nitrogens with two attached hydrogens (primary N) is 1. The number of thiophene rings is 1. The van der Waals surface area contributed by atoms with Crippen molar-refractivity contribution in [3.63, 3.8) is 0 Å². The van der Waals surface area contributed by atoms with Gasteiger partial charge in [0.05, 0.1) is 12.0 Å². The van der Waals surface area contributed by atoms with Gasteiger partial charge in [-0.2, -0.15) is 0 Å². The molecule has 0 spiro atoms. The SMILES string of the molecule is NC(=O)c1ccsc1NC(=O)COC(=O)CCSc1ccc(F)c(F)c1. The highest BCUT2D eigenvalue weighted by molar-refractivity contribution is 7.99. The van der Waals surface area contributed by atoms with E-state index in [9.17, 15) is 23.2 Å². The van der Waals surface area contributed by atoms with Crippen LogP contribution < -0.4 is 11.1 Å². The van der Waals surface area contributed by atoms with Gasteiger partial charge >= 0.3 is 5.97 Å². The molecule has 1 heterocycles. The summed E-state index contributed by atoms with van der Waals surface area (Å²) in [5, 5.41) is 4.32. The van der Waals surface area contributed by atoms with E-state index in [1.807, 2.05) is 0 Å². The zero-order valence-corrected chi connectivity index (χ0v) is 14.9. The van der Waals surface area contributed by atoms with Crippen molar-refractivity contribution >= 4 is 45.9 Å². The first-order valence-electron chi connectivity index (χ1n) is 7.27. The lowest BCUT2D eigenvalue weighted by molar-refractivity contribution is -0.146. The molecule has 10 heteroatoms. The van der Waals surface area contributed by atoms with Gasteiger partial charge in [0.15, 0.2) is 18.2 Å². The van der Waals surface area contributed by atoms with Crippen LogP contribution in [0.15, 0.2) is 34.5 Å². The zero-order chi connectivity index (χ0) is 19.1. The third kappa shape index (κ3) is 5.81. The van der Waals surface area contributed by atoms with Crippen molar-refractivity contribution in [1.29, 1.82) is 0 Å². The van der Waals surface area contributed by atoms with Crippen LogP contribution >= 0.6 is 23.1 Å². The van der Waals surface area contributed by atoms with E-state index in [2.05, 4.69) is 5.32 Å². The summed E-state index contributed by atoms with van der Waals surface area (Å²) in [7, 11) is 0. The lowest BCUT2D eigenvalue weighted by atomic mass is 10.3. The molecule has 1 aromatic heterocycles. The highest BCUT2D eigenvalue weighted by atomic mass is 32.2. The monoisotopic (exact) mass is 400 g/mol. The normalized spacial score (nSPS) is 10.4. The number of amides is 2. The molecule has 26 heavy (non-hydrogen) atoms. The second-order valence-corrected chi connectivity index (χ2v) is 7.00. The highest BCUT2D eigenvalue weighted by Crippen LogP contribution is 2.23. The first-order valence-corrected chi connectivity index (χ1v) is 9.14. The average molecular weight is 400 g/mol. The fourth-order valence-electron chi connectivity index (χ4n) is 1.80. The molecular formula is C16H14F2N2O4S2. The third-order valence-electron chi connectivity index (χ3n) is 3.01. The molecule has 2 rings (SSSR count). The standard InChI is InChI=1S/C16H14F2N2O4S2/c17-11-2-1-9(7-12(11)18)25-6-4-14(22)24-8-13(21)20-16-10(15(19)23)3-5-26-16/h1-3,5,7H,4,6,8H2,(H2,19,23)(H,20,21). The lowest BCUT2D eigenvalue weighted by Gasteiger charge is -2.06. The molecule has 2 amide bonds. The summed E-state index contributed by atoms with van der Waals surface area (Å²) >= 11 is 2.28. The van der Waals surface area contributed by atoms with Crippen LogP contribution in [0.3, 0.4) is 0 Å². The smallest absolute Gasteiger partial charge is 0.307 e. The Hall–Kier alpha value is -2.46. The van der Waals surface area contributed by atoms with Crippen molar-refractivity contribution in [1.82, 2.24) is 0 Å². The number of carbonyl (C=O) groups is 3. The zero-order valence-electron chi connectivity index (χ0n) is 13.3. The molecule has 0 aliphatic rings. The van der Waals surface area contributed by atoms with Crippen LogP contribution in [0.2, 0.25) is 0 Å². The lowest BCUT2D eigenvalue weighted by Crippen LogP contribution is -2.22. The molecule has 0 aliphatic heterocycles. The number of ether oxygens (including phenoxy) is 1. The number of esters is 1. The second-order valence-electron chi connectivity index (χ2n) is 4.91. The quantitative estimate of drug-likeness (QED) is 0.524. The number of rotatable bonds is 8. The van der Waals surface area contributed by atoms with Crippen LogP contribution in [-0.4, -0.2) is 30.1 Å². The number of primary amides is 1. The minimum Gasteiger partial charge on any atom is -0.456 e. The second kappa shape index (κ2) is 9.30. The fourth-order valence-corrected chi connectivity index (χ4v) is 3.46. The van der Waals surface area contributed by atoms with Gasteiger partial charge in [0.1, 0.15) is 5.00 Å². The van der Waals surface area contributed by atoms with Crippen LogP contribution in [-0.2, 0) is 14.3 Å². The Morgan fingerprint density at radius 3 is 2.65 bits per heavy atom. The molecule has 1 aromatic carbocycles. The Labute approximate surface area is 155 Å². The van der Waals surface area contributed by atoms with Crippen molar-refractivity contribution in [2.75, 3.05) is 17.7 Å². The van der Waals surface area contributed by atoms with Gasteiger partial charge in [-0.25, -0.2) is 8.78 Å². The molecule has 0 radical (unpaired) electrons. The molecule has 0 unspecified atom stereocenters. The van der Waals surface area contributed by atoms with E-state index in [0.29, 0.717) is 4.90 Å². The van der Waals surface area contributed by atoms with Gasteiger partial charge in [0.2, 0.25) is 0 Å². The van der Waals surface area contributed by atoms with Gasteiger partial charge in [-0.1, -0.05) is 0 Å². The van der Waals surface area contributed by atoms with Crippen molar-refractivity contribution in [3.8, 4) is 0 Å². The summed E-state index contributed by atoms with van der Waals surface area (Å²) in [5.41, 5.74) is 5.34. The van der Waals surface area contributed by atoms with E-state index < -0.39 is 36.0 Å². The Balaban J connectivity index is 1.71. The molecule has 0 bridgehead atoms. The van der Waals surface area contributed by atoms with Crippen molar-refractivity contribution in [3.05, 3.63) is 46.8 Å². The summed E-state index contributed by atoms with van der Waals surface area (Å²) in [6.07, 6.45) is -0.0114. The van der Waals surface area contributed by atoms with Gasteiger partial charge < -0.3 is 15.8 Å². The summed E-state index contributed by atoms with van der Waals surface area (Å²) in [5.74, 6) is -3.51. The molecule has 0 aliphatic carbocycles. The predicted molar refractivity (Wildman–Crippen MR) is 94.1 cm³/mol. The number of carbonyl (C=O) groups excluding carboxylic acids is 3. The Morgan fingerprint density at radius 1 is 1.19 bits per heavy atom.